The molecule has 17 heavy (non-hydrogen) atoms. The first-order chi connectivity index (χ1) is 8.18. The minimum Gasteiger partial charge on any atom is -0.392 e. The second-order valence-corrected chi connectivity index (χ2v) is 6.71. The molecule has 0 spiro atoms. The maximum atomic E-state index is 12.5. The van der Waals surface area contributed by atoms with Crippen molar-refractivity contribution in [1.82, 2.24) is 4.90 Å². The summed E-state index contributed by atoms with van der Waals surface area (Å²) >= 11 is 6.77. The first-order valence-electron chi connectivity index (χ1n) is 6.39. The summed E-state index contributed by atoms with van der Waals surface area (Å²) < 4.78 is 0. The van der Waals surface area contributed by atoms with Crippen molar-refractivity contribution in [3.05, 3.63) is 0 Å². The van der Waals surface area contributed by atoms with Crippen molar-refractivity contribution in [1.29, 1.82) is 0 Å². The van der Waals surface area contributed by atoms with Crippen molar-refractivity contribution >= 4 is 34.9 Å². The molecule has 0 bridgehead atoms. The van der Waals surface area contributed by atoms with Gasteiger partial charge in [0.05, 0.1) is 16.8 Å². The van der Waals surface area contributed by atoms with Crippen LogP contribution in [0.2, 0.25) is 0 Å². The van der Waals surface area contributed by atoms with Gasteiger partial charge in [-0.2, -0.15) is 0 Å². The Bertz CT molecular complexity index is 297. The van der Waals surface area contributed by atoms with Crippen LogP contribution in [-0.4, -0.2) is 39.4 Å². The van der Waals surface area contributed by atoms with Gasteiger partial charge in [-0.1, -0.05) is 25.1 Å². The molecule has 0 aromatic rings. The molecule has 96 valence electrons. The van der Waals surface area contributed by atoms with E-state index in [4.69, 9.17) is 18.0 Å². The van der Waals surface area contributed by atoms with Gasteiger partial charge in [0.1, 0.15) is 0 Å². The molecule has 1 aliphatic heterocycles. The van der Waals surface area contributed by atoms with E-state index >= 15 is 0 Å². The fourth-order valence-corrected chi connectivity index (χ4v) is 4.10. The van der Waals surface area contributed by atoms with Crippen molar-refractivity contribution in [2.24, 2.45) is 5.73 Å². The van der Waals surface area contributed by atoms with Gasteiger partial charge in [-0.05, 0) is 31.4 Å². The van der Waals surface area contributed by atoms with Gasteiger partial charge in [0.2, 0.25) is 5.91 Å². The Morgan fingerprint density at radius 3 is 2.53 bits per heavy atom. The zero-order valence-electron chi connectivity index (χ0n) is 10.1. The van der Waals surface area contributed by atoms with Gasteiger partial charge in [-0.25, -0.2) is 0 Å². The van der Waals surface area contributed by atoms with Crippen LogP contribution in [0.1, 0.15) is 38.5 Å². The highest BCUT2D eigenvalue weighted by Gasteiger charge is 2.33. The zero-order valence-corrected chi connectivity index (χ0v) is 11.7. The lowest BCUT2D eigenvalue weighted by atomic mass is 10.1. The summed E-state index contributed by atoms with van der Waals surface area (Å²) in [7, 11) is 0. The van der Waals surface area contributed by atoms with Gasteiger partial charge in [-0.3, -0.25) is 4.79 Å². The van der Waals surface area contributed by atoms with Crippen molar-refractivity contribution in [3.63, 3.8) is 0 Å². The molecule has 5 heteroatoms. The molecule has 1 saturated carbocycles. The number of amides is 1. The Kier molecular flexibility index (Phi) is 4.68. The number of carbonyl (C=O) groups is 1. The Balaban J connectivity index is 2.02. The fourth-order valence-electron chi connectivity index (χ4n) is 2.73. The number of nitrogens with zero attached hydrogens (tertiary/aromatic N) is 1. The van der Waals surface area contributed by atoms with Crippen LogP contribution in [0.5, 0.6) is 0 Å². The monoisotopic (exact) mass is 272 g/mol. The van der Waals surface area contributed by atoms with E-state index in [1.807, 2.05) is 4.90 Å². The van der Waals surface area contributed by atoms with Crippen molar-refractivity contribution in [2.45, 2.75) is 49.8 Å². The van der Waals surface area contributed by atoms with Gasteiger partial charge in [0, 0.05) is 6.04 Å². The highest BCUT2D eigenvalue weighted by Crippen LogP contribution is 2.31. The van der Waals surface area contributed by atoms with Crippen LogP contribution in [0.4, 0.5) is 0 Å². The first kappa shape index (κ1) is 13.1. The number of hydrogen-bond donors (Lipinski definition) is 1. The summed E-state index contributed by atoms with van der Waals surface area (Å²) in [5.74, 6) is 1.38. The lowest BCUT2D eigenvalue weighted by molar-refractivity contribution is -0.132. The number of thioether (sulfide) groups is 1. The molecule has 1 amide bonds. The highest BCUT2D eigenvalue weighted by molar-refractivity contribution is 8.00. The van der Waals surface area contributed by atoms with Crippen LogP contribution >= 0.6 is 24.0 Å². The SMILES string of the molecule is NC(=S)CN(C(=O)C1CCCS1)C1CCCC1. The van der Waals surface area contributed by atoms with Crippen molar-refractivity contribution < 1.29 is 4.79 Å². The number of rotatable bonds is 4. The van der Waals surface area contributed by atoms with E-state index in [0.717, 1.165) is 31.4 Å². The third-order valence-corrected chi connectivity index (χ3v) is 5.07. The molecule has 2 aliphatic rings. The van der Waals surface area contributed by atoms with E-state index in [1.54, 1.807) is 11.8 Å². The Labute approximate surface area is 112 Å². The molecule has 3 nitrogen and oxygen atoms in total. The molecule has 0 aromatic carbocycles. The molecular formula is C12H20N2OS2. The average molecular weight is 272 g/mol. The minimum atomic E-state index is 0.157. The highest BCUT2D eigenvalue weighted by atomic mass is 32.2. The molecule has 1 aliphatic carbocycles. The van der Waals surface area contributed by atoms with Crippen molar-refractivity contribution in [3.8, 4) is 0 Å². The van der Waals surface area contributed by atoms with Crippen molar-refractivity contribution in [2.75, 3.05) is 12.3 Å². The molecule has 1 heterocycles. The Hall–Kier alpha value is -0.290. The lowest BCUT2D eigenvalue weighted by Crippen LogP contribution is -2.46. The third-order valence-electron chi connectivity index (χ3n) is 3.58. The number of thiocarbonyl (C=S) groups is 1. The molecule has 1 saturated heterocycles. The maximum absolute atomic E-state index is 12.5. The van der Waals surface area contributed by atoms with Crippen LogP contribution in [0, 0.1) is 0 Å². The van der Waals surface area contributed by atoms with Crippen LogP contribution in [0.25, 0.3) is 0 Å². The Morgan fingerprint density at radius 2 is 2.00 bits per heavy atom. The average Bonchev–Trinajstić information content (AvgIpc) is 2.96. The van der Waals surface area contributed by atoms with Gasteiger partial charge in [0.25, 0.3) is 0 Å². The summed E-state index contributed by atoms with van der Waals surface area (Å²) in [6, 6.07) is 0.380. The predicted molar refractivity (Wildman–Crippen MR) is 76.2 cm³/mol. The summed E-state index contributed by atoms with van der Waals surface area (Å²) in [6.45, 7) is 0.468. The van der Waals surface area contributed by atoms with Gasteiger partial charge >= 0.3 is 0 Å². The summed E-state index contributed by atoms with van der Waals surface area (Å²) in [6.07, 6.45) is 6.86. The second-order valence-electron chi connectivity index (χ2n) is 4.87. The predicted octanol–water partition coefficient (Wildman–Crippen LogP) is 1.94. The minimum absolute atomic E-state index is 0.157. The van der Waals surface area contributed by atoms with Crippen LogP contribution < -0.4 is 5.73 Å². The standard InChI is InChI=1S/C12H20N2OS2/c13-11(16)8-14(9-4-1-2-5-9)12(15)10-6-3-7-17-10/h9-10H,1-8H2,(H2,13,16). The summed E-state index contributed by atoms with van der Waals surface area (Å²) in [5, 5.41) is 0.157. The first-order valence-corrected chi connectivity index (χ1v) is 7.84. The van der Waals surface area contributed by atoms with Gasteiger partial charge < -0.3 is 10.6 Å². The smallest absolute Gasteiger partial charge is 0.236 e. The van der Waals surface area contributed by atoms with E-state index < -0.39 is 0 Å². The van der Waals surface area contributed by atoms with Crippen LogP contribution in [0.3, 0.4) is 0 Å². The topological polar surface area (TPSA) is 46.3 Å². The van der Waals surface area contributed by atoms with E-state index in [0.29, 0.717) is 17.6 Å². The summed E-state index contributed by atoms with van der Waals surface area (Å²) in [4.78, 5) is 14.9. The normalized spacial score (nSPS) is 25.1. The Morgan fingerprint density at radius 1 is 1.29 bits per heavy atom. The summed E-state index contributed by atoms with van der Waals surface area (Å²) in [5.41, 5.74) is 5.63. The molecule has 0 aromatic heterocycles. The quantitative estimate of drug-likeness (QED) is 0.795. The zero-order chi connectivity index (χ0) is 12.3. The van der Waals surface area contributed by atoms with E-state index in [1.165, 1.54) is 12.8 Å². The largest absolute Gasteiger partial charge is 0.392 e. The third kappa shape index (κ3) is 3.35. The van der Waals surface area contributed by atoms with Crippen LogP contribution in [0.15, 0.2) is 0 Å². The molecule has 2 N–H and O–H groups in total. The molecule has 2 fully saturated rings. The number of nitrogens with two attached hydrogens (primary N) is 1. The number of hydrogen-bond acceptors (Lipinski definition) is 3. The van der Waals surface area contributed by atoms with Gasteiger partial charge in [0.15, 0.2) is 0 Å². The van der Waals surface area contributed by atoms with E-state index in [2.05, 4.69) is 0 Å². The second kappa shape index (κ2) is 6.05. The molecule has 2 rings (SSSR count). The van der Waals surface area contributed by atoms with Gasteiger partial charge in [-0.15, -0.1) is 11.8 Å². The number of carbonyl (C=O) groups excluding carboxylic acids is 1. The maximum Gasteiger partial charge on any atom is 0.236 e. The van der Waals surface area contributed by atoms with Crippen LogP contribution in [-0.2, 0) is 4.79 Å². The molecule has 1 atom stereocenters. The molecular weight excluding hydrogens is 252 g/mol. The lowest BCUT2D eigenvalue weighted by Gasteiger charge is -2.30. The fraction of sp³-hybridized carbons (Fsp3) is 0.833. The molecule has 0 radical (unpaired) electrons. The van der Waals surface area contributed by atoms with E-state index in [9.17, 15) is 4.79 Å². The molecule has 1 unspecified atom stereocenters. The van der Waals surface area contributed by atoms with E-state index in [-0.39, 0.29) is 11.2 Å².